The lowest BCUT2D eigenvalue weighted by molar-refractivity contribution is 0.219. The normalized spacial score (nSPS) is 10.1. The lowest BCUT2D eigenvalue weighted by atomic mass is 10.0. The number of methoxy groups -OCH3 is 1. The zero-order valence-corrected chi connectivity index (χ0v) is 10.9. The predicted molar refractivity (Wildman–Crippen MR) is 68.4 cm³/mol. The highest BCUT2D eigenvalue weighted by Crippen LogP contribution is 2.25. The smallest absolute Gasteiger partial charge is 0.314 e. The first kappa shape index (κ1) is 13.4. The van der Waals surface area contributed by atoms with E-state index in [2.05, 4.69) is 12.1 Å². The lowest BCUT2D eigenvalue weighted by Gasteiger charge is -2.17. The molecule has 94 valence electrons. The molecule has 0 spiro atoms. The maximum absolute atomic E-state index is 10.9. The number of hydrogen-bond donors (Lipinski definition) is 1. The number of nitrogens with zero attached hydrogens (tertiary/aromatic N) is 1. The van der Waals surface area contributed by atoms with Crippen molar-refractivity contribution in [3.05, 3.63) is 28.8 Å². The Kier molecular flexibility index (Phi) is 4.37. The van der Waals surface area contributed by atoms with Crippen molar-refractivity contribution in [1.82, 2.24) is 4.90 Å². The van der Waals surface area contributed by atoms with Gasteiger partial charge in [-0.2, -0.15) is 0 Å². The number of urea groups is 1. The minimum Gasteiger partial charge on any atom is -0.496 e. The summed E-state index contributed by atoms with van der Waals surface area (Å²) in [4.78, 5) is 12.4. The van der Waals surface area contributed by atoms with Crippen LogP contribution in [0.3, 0.4) is 0 Å². The number of likely N-dealkylation sites (N-methyl/N-ethyl adjacent to an activating group) is 1. The van der Waals surface area contributed by atoms with Crippen LogP contribution >= 0.6 is 0 Å². The fourth-order valence-corrected chi connectivity index (χ4v) is 1.92. The second kappa shape index (κ2) is 5.57. The molecule has 17 heavy (non-hydrogen) atoms. The van der Waals surface area contributed by atoms with Crippen molar-refractivity contribution in [2.75, 3.05) is 20.7 Å². The summed E-state index contributed by atoms with van der Waals surface area (Å²) in [6.07, 6.45) is 0.741. The van der Waals surface area contributed by atoms with Crippen LogP contribution in [0.25, 0.3) is 0 Å². The van der Waals surface area contributed by atoms with E-state index in [1.807, 2.05) is 13.8 Å². The van der Waals surface area contributed by atoms with E-state index in [-0.39, 0.29) is 0 Å². The summed E-state index contributed by atoms with van der Waals surface area (Å²) in [6, 6.07) is 3.76. The van der Waals surface area contributed by atoms with Gasteiger partial charge < -0.3 is 15.4 Å². The van der Waals surface area contributed by atoms with E-state index in [9.17, 15) is 4.79 Å². The van der Waals surface area contributed by atoms with Crippen LogP contribution < -0.4 is 10.5 Å². The maximum Gasteiger partial charge on any atom is 0.314 e. The molecule has 1 rings (SSSR count). The summed E-state index contributed by atoms with van der Waals surface area (Å²) >= 11 is 0. The standard InChI is InChI=1S/C13H20N2O2/c1-9-7-10(2)12(17-4)11(8-9)5-6-15(3)13(14)16/h7-8H,5-6H2,1-4H3,(H2,14,16). The van der Waals surface area contributed by atoms with Crippen molar-refractivity contribution < 1.29 is 9.53 Å². The molecular formula is C13H20N2O2. The Balaban J connectivity index is 2.86. The molecule has 0 aliphatic heterocycles. The van der Waals surface area contributed by atoms with Gasteiger partial charge in [-0.05, 0) is 31.4 Å². The molecule has 2 amide bonds. The quantitative estimate of drug-likeness (QED) is 0.867. The van der Waals surface area contributed by atoms with Crippen molar-refractivity contribution in [3.8, 4) is 5.75 Å². The van der Waals surface area contributed by atoms with Crippen LogP contribution in [-0.2, 0) is 6.42 Å². The zero-order chi connectivity index (χ0) is 13.0. The zero-order valence-electron chi connectivity index (χ0n) is 10.9. The Morgan fingerprint density at radius 3 is 2.59 bits per heavy atom. The van der Waals surface area contributed by atoms with Crippen LogP contribution in [0.5, 0.6) is 5.75 Å². The third kappa shape index (κ3) is 3.37. The fourth-order valence-electron chi connectivity index (χ4n) is 1.92. The number of carbonyl (C=O) groups excluding carboxylic acids is 1. The van der Waals surface area contributed by atoms with Gasteiger partial charge in [0.2, 0.25) is 0 Å². The first-order valence-electron chi connectivity index (χ1n) is 5.60. The summed E-state index contributed by atoms with van der Waals surface area (Å²) in [5.74, 6) is 0.897. The van der Waals surface area contributed by atoms with Gasteiger partial charge in [0.15, 0.2) is 0 Å². The molecule has 1 aromatic carbocycles. The van der Waals surface area contributed by atoms with Crippen molar-refractivity contribution in [2.24, 2.45) is 5.73 Å². The molecule has 0 saturated heterocycles. The molecule has 0 saturated carbocycles. The molecule has 0 aromatic heterocycles. The van der Waals surface area contributed by atoms with Crippen molar-refractivity contribution >= 4 is 6.03 Å². The summed E-state index contributed by atoms with van der Waals surface area (Å²) in [5.41, 5.74) is 8.61. The number of carbonyl (C=O) groups is 1. The second-order valence-corrected chi connectivity index (χ2v) is 4.28. The first-order chi connectivity index (χ1) is 7.95. The molecule has 0 fully saturated rings. The third-order valence-electron chi connectivity index (χ3n) is 2.79. The van der Waals surface area contributed by atoms with Gasteiger partial charge in [-0.25, -0.2) is 4.79 Å². The largest absolute Gasteiger partial charge is 0.496 e. The average Bonchev–Trinajstić information content (AvgIpc) is 2.24. The summed E-state index contributed by atoms with van der Waals surface area (Å²) in [6.45, 7) is 4.66. The molecule has 4 nitrogen and oxygen atoms in total. The number of aryl methyl sites for hydroxylation is 2. The molecular weight excluding hydrogens is 216 g/mol. The van der Waals surface area contributed by atoms with E-state index in [4.69, 9.17) is 10.5 Å². The fraction of sp³-hybridized carbons (Fsp3) is 0.462. The van der Waals surface area contributed by atoms with E-state index in [0.717, 1.165) is 23.3 Å². The van der Waals surface area contributed by atoms with E-state index in [0.29, 0.717) is 6.54 Å². The van der Waals surface area contributed by atoms with Crippen LogP contribution in [0.4, 0.5) is 4.79 Å². The number of hydrogen-bond acceptors (Lipinski definition) is 2. The Bertz CT molecular complexity index is 416. The monoisotopic (exact) mass is 236 g/mol. The molecule has 0 bridgehead atoms. The highest BCUT2D eigenvalue weighted by molar-refractivity contribution is 5.71. The van der Waals surface area contributed by atoms with Crippen molar-refractivity contribution in [1.29, 1.82) is 0 Å². The van der Waals surface area contributed by atoms with Crippen LogP contribution in [0, 0.1) is 13.8 Å². The molecule has 0 aliphatic rings. The van der Waals surface area contributed by atoms with Crippen molar-refractivity contribution in [2.45, 2.75) is 20.3 Å². The molecule has 1 aromatic rings. The molecule has 2 N–H and O–H groups in total. The summed E-state index contributed by atoms with van der Waals surface area (Å²) < 4.78 is 5.39. The first-order valence-corrected chi connectivity index (χ1v) is 5.60. The Hall–Kier alpha value is -1.71. The number of primary amides is 1. The average molecular weight is 236 g/mol. The number of amides is 2. The summed E-state index contributed by atoms with van der Waals surface area (Å²) in [7, 11) is 3.36. The lowest BCUT2D eigenvalue weighted by Crippen LogP contribution is -2.33. The van der Waals surface area contributed by atoms with Gasteiger partial charge >= 0.3 is 6.03 Å². The van der Waals surface area contributed by atoms with Gasteiger partial charge in [-0.15, -0.1) is 0 Å². The number of nitrogens with two attached hydrogens (primary N) is 1. The minimum absolute atomic E-state index is 0.409. The topological polar surface area (TPSA) is 55.6 Å². The molecule has 0 unspecified atom stereocenters. The molecule has 0 atom stereocenters. The van der Waals surface area contributed by atoms with Crippen LogP contribution in [0.2, 0.25) is 0 Å². The third-order valence-corrected chi connectivity index (χ3v) is 2.79. The number of benzene rings is 1. The molecule has 0 aliphatic carbocycles. The van der Waals surface area contributed by atoms with Gasteiger partial charge in [0.25, 0.3) is 0 Å². The summed E-state index contributed by atoms with van der Waals surface area (Å²) in [5, 5.41) is 0. The van der Waals surface area contributed by atoms with Crippen LogP contribution in [0.1, 0.15) is 16.7 Å². The number of ether oxygens (including phenoxy) is 1. The SMILES string of the molecule is COc1c(C)cc(C)cc1CCN(C)C(N)=O. The van der Waals surface area contributed by atoms with E-state index in [1.165, 1.54) is 10.5 Å². The Morgan fingerprint density at radius 2 is 2.06 bits per heavy atom. The van der Waals surface area contributed by atoms with Gasteiger partial charge in [0.1, 0.15) is 5.75 Å². The van der Waals surface area contributed by atoms with Gasteiger partial charge in [0, 0.05) is 13.6 Å². The highest BCUT2D eigenvalue weighted by atomic mass is 16.5. The molecule has 4 heteroatoms. The molecule has 0 radical (unpaired) electrons. The van der Waals surface area contributed by atoms with E-state index in [1.54, 1.807) is 14.2 Å². The molecule has 0 heterocycles. The van der Waals surface area contributed by atoms with E-state index < -0.39 is 6.03 Å². The number of rotatable bonds is 4. The van der Waals surface area contributed by atoms with Crippen LogP contribution in [-0.4, -0.2) is 31.6 Å². The van der Waals surface area contributed by atoms with E-state index >= 15 is 0 Å². The second-order valence-electron chi connectivity index (χ2n) is 4.28. The van der Waals surface area contributed by atoms with Gasteiger partial charge in [-0.3, -0.25) is 0 Å². The highest BCUT2D eigenvalue weighted by Gasteiger charge is 2.09. The maximum atomic E-state index is 10.9. The van der Waals surface area contributed by atoms with Gasteiger partial charge in [0.05, 0.1) is 7.11 Å². The minimum atomic E-state index is -0.409. The van der Waals surface area contributed by atoms with Crippen LogP contribution in [0.15, 0.2) is 12.1 Å². The van der Waals surface area contributed by atoms with Crippen molar-refractivity contribution in [3.63, 3.8) is 0 Å². The Labute approximate surface area is 102 Å². The predicted octanol–water partition coefficient (Wildman–Crippen LogP) is 1.87. The van der Waals surface area contributed by atoms with Gasteiger partial charge in [-0.1, -0.05) is 17.7 Å². The Morgan fingerprint density at radius 1 is 1.41 bits per heavy atom.